The largest absolute Gasteiger partial charge is 0.371 e. The first-order chi connectivity index (χ1) is 12.1. The summed E-state index contributed by atoms with van der Waals surface area (Å²) in [6, 6.07) is 11.1. The molecule has 0 saturated carbocycles. The van der Waals surface area contributed by atoms with Crippen molar-refractivity contribution in [1.29, 1.82) is 0 Å². The predicted molar refractivity (Wildman–Crippen MR) is 92.7 cm³/mol. The quantitative estimate of drug-likeness (QED) is 0.934. The molecule has 1 unspecified atom stereocenters. The number of hydrogen-bond donors (Lipinski definition) is 1. The number of nitrogens with one attached hydrogen (secondary N) is 1. The molecule has 0 radical (unpaired) electrons. The molecule has 1 saturated heterocycles. The molecule has 130 valence electrons. The molecule has 0 bridgehead atoms. The summed E-state index contributed by atoms with van der Waals surface area (Å²) in [7, 11) is 0. The number of ether oxygens (including phenoxy) is 1. The van der Waals surface area contributed by atoms with Crippen LogP contribution in [0.25, 0.3) is 0 Å². The van der Waals surface area contributed by atoms with E-state index in [2.05, 4.69) is 16.3 Å². The second-order valence-electron chi connectivity index (χ2n) is 6.83. The predicted octanol–water partition coefficient (Wildman–Crippen LogP) is 2.95. The van der Waals surface area contributed by atoms with Crippen LogP contribution in [0.2, 0.25) is 0 Å². The maximum atomic E-state index is 13.6. The lowest BCUT2D eigenvalue weighted by Crippen LogP contribution is -2.37. The van der Waals surface area contributed by atoms with Gasteiger partial charge in [-0.05, 0) is 47.4 Å². The van der Waals surface area contributed by atoms with Crippen molar-refractivity contribution in [3.05, 3.63) is 70.0 Å². The highest BCUT2D eigenvalue weighted by molar-refractivity contribution is 5.98. The number of benzene rings is 2. The van der Waals surface area contributed by atoms with Crippen LogP contribution in [0.4, 0.5) is 4.39 Å². The van der Waals surface area contributed by atoms with Gasteiger partial charge in [0.1, 0.15) is 5.82 Å². The normalized spacial score (nSPS) is 20.4. The maximum Gasteiger partial charge on any atom is 0.251 e. The van der Waals surface area contributed by atoms with E-state index in [0.717, 1.165) is 40.9 Å². The molecular formula is C20H21FN2O2. The van der Waals surface area contributed by atoms with E-state index in [-0.39, 0.29) is 17.8 Å². The minimum absolute atomic E-state index is 0.00536. The van der Waals surface area contributed by atoms with E-state index >= 15 is 0 Å². The first-order valence-electron chi connectivity index (χ1n) is 8.59. The zero-order chi connectivity index (χ0) is 17.4. The summed E-state index contributed by atoms with van der Waals surface area (Å²) >= 11 is 0. The van der Waals surface area contributed by atoms with E-state index in [9.17, 15) is 9.18 Å². The van der Waals surface area contributed by atoms with E-state index in [0.29, 0.717) is 19.7 Å². The first-order valence-corrected chi connectivity index (χ1v) is 8.59. The van der Waals surface area contributed by atoms with Crippen LogP contribution in [-0.4, -0.2) is 30.5 Å². The molecule has 1 atom stereocenters. The van der Waals surface area contributed by atoms with Gasteiger partial charge in [-0.3, -0.25) is 9.69 Å². The van der Waals surface area contributed by atoms with Crippen molar-refractivity contribution in [3.8, 4) is 0 Å². The molecule has 1 amide bonds. The Balaban J connectivity index is 1.48. The molecule has 2 heterocycles. The second kappa shape index (κ2) is 6.58. The van der Waals surface area contributed by atoms with Crippen molar-refractivity contribution >= 4 is 5.91 Å². The summed E-state index contributed by atoms with van der Waals surface area (Å²) in [5, 5.41) is 2.84. The fourth-order valence-corrected chi connectivity index (χ4v) is 3.66. The standard InChI is InChI=1S/C20H21FN2O2/c1-13-6-14(8-17(21)7-13)11-23-4-5-25-19(12-23)15-2-3-18-16(9-15)10-22-20(18)24/h2-3,6-9,19H,4-5,10-12H2,1H3,(H,22,24). The molecule has 0 aromatic heterocycles. The Morgan fingerprint density at radius 1 is 1.28 bits per heavy atom. The van der Waals surface area contributed by atoms with E-state index in [1.165, 1.54) is 0 Å². The molecular weight excluding hydrogens is 319 g/mol. The van der Waals surface area contributed by atoms with Crippen molar-refractivity contribution in [2.24, 2.45) is 0 Å². The Hall–Kier alpha value is -2.24. The van der Waals surface area contributed by atoms with E-state index < -0.39 is 0 Å². The molecule has 2 aliphatic rings. The third-order valence-electron chi connectivity index (χ3n) is 4.84. The van der Waals surface area contributed by atoms with Gasteiger partial charge in [-0.25, -0.2) is 4.39 Å². The summed E-state index contributed by atoms with van der Waals surface area (Å²) in [4.78, 5) is 14.0. The van der Waals surface area contributed by atoms with Crippen molar-refractivity contribution in [2.75, 3.05) is 19.7 Å². The highest BCUT2D eigenvalue weighted by atomic mass is 19.1. The number of fused-ring (bicyclic) bond motifs is 1. The fraction of sp³-hybridized carbons (Fsp3) is 0.350. The van der Waals surface area contributed by atoms with Gasteiger partial charge in [-0.15, -0.1) is 0 Å². The summed E-state index contributed by atoms with van der Waals surface area (Å²) in [5.41, 5.74) is 4.81. The van der Waals surface area contributed by atoms with Crippen LogP contribution in [0.1, 0.15) is 38.7 Å². The second-order valence-corrected chi connectivity index (χ2v) is 6.83. The molecule has 2 aromatic carbocycles. The van der Waals surface area contributed by atoms with Crippen molar-refractivity contribution in [3.63, 3.8) is 0 Å². The molecule has 1 fully saturated rings. The van der Waals surface area contributed by atoms with Gasteiger partial charge in [-0.1, -0.05) is 18.2 Å². The van der Waals surface area contributed by atoms with Gasteiger partial charge >= 0.3 is 0 Å². The van der Waals surface area contributed by atoms with Crippen LogP contribution < -0.4 is 5.32 Å². The van der Waals surface area contributed by atoms with Crippen LogP contribution in [0.15, 0.2) is 36.4 Å². The van der Waals surface area contributed by atoms with Crippen molar-refractivity contribution in [2.45, 2.75) is 26.1 Å². The van der Waals surface area contributed by atoms with Gasteiger partial charge in [0.05, 0.1) is 12.7 Å². The Kier molecular flexibility index (Phi) is 4.27. The van der Waals surface area contributed by atoms with Crippen molar-refractivity contribution in [1.82, 2.24) is 10.2 Å². The first kappa shape index (κ1) is 16.2. The lowest BCUT2D eigenvalue weighted by atomic mass is 10.0. The molecule has 2 aromatic rings. The van der Waals surface area contributed by atoms with E-state index in [4.69, 9.17) is 4.74 Å². The van der Waals surface area contributed by atoms with Gasteiger partial charge in [0.25, 0.3) is 5.91 Å². The van der Waals surface area contributed by atoms with Crippen LogP contribution in [0.5, 0.6) is 0 Å². The highest BCUT2D eigenvalue weighted by Gasteiger charge is 2.25. The van der Waals surface area contributed by atoms with E-state index in [1.807, 2.05) is 25.1 Å². The van der Waals surface area contributed by atoms with Gasteiger partial charge in [-0.2, -0.15) is 0 Å². The molecule has 2 aliphatic heterocycles. The smallest absolute Gasteiger partial charge is 0.251 e. The summed E-state index contributed by atoms with van der Waals surface area (Å²) in [6.45, 7) is 5.44. The summed E-state index contributed by atoms with van der Waals surface area (Å²) in [6.07, 6.45) is -0.0237. The Morgan fingerprint density at radius 3 is 3.00 bits per heavy atom. The number of rotatable bonds is 3. The number of carbonyl (C=O) groups is 1. The summed E-state index contributed by atoms with van der Waals surface area (Å²) in [5.74, 6) is -0.190. The third kappa shape index (κ3) is 3.43. The van der Waals surface area contributed by atoms with Gasteiger partial charge in [0.15, 0.2) is 0 Å². The lowest BCUT2D eigenvalue weighted by molar-refractivity contribution is -0.0329. The van der Waals surface area contributed by atoms with Gasteiger partial charge in [0.2, 0.25) is 0 Å². The highest BCUT2D eigenvalue weighted by Crippen LogP contribution is 2.27. The summed E-state index contributed by atoms with van der Waals surface area (Å²) < 4.78 is 19.6. The Bertz CT molecular complexity index is 801. The number of aryl methyl sites for hydroxylation is 1. The van der Waals surface area contributed by atoms with Crippen LogP contribution in [0.3, 0.4) is 0 Å². The minimum Gasteiger partial charge on any atom is -0.371 e. The molecule has 5 heteroatoms. The zero-order valence-electron chi connectivity index (χ0n) is 14.2. The molecule has 0 spiro atoms. The lowest BCUT2D eigenvalue weighted by Gasteiger charge is -2.33. The Morgan fingerprint density at radius 2 is 2.16 bits per heavy atom. The number of halogens is 1. The zero-order valence-corrected chi connectivity index (χ0v) is 14.2. The molecule has 25 heavy (non-hydrogen) atoms. The number of morpholine rings is 1. The number of carbonyl (C=O) groups excluding carboxylic acids is 1. The average molecular weight is 340 g/mol. The van der Waals surface area contributed by atoms with Crippen LogP contribution >= 0.6 is 0 Å². The topological polar surface area (TPSA) is 41.6 Å². The van der Waals surface area contributed by atoms with Crippen LogP contribution in [-0.2, 0) is 17.8 Å². The molecule has 4 rings (SSSR count). The molecule has 4 nitrogen and oxygen atoms in total. The number of hydrogen-bond acceptors (Lipinski definition) is 3. The van der Waals surface area contributed by atoms with E-state index in [1.54, 1.807) is 12.1 Å². The fourth-order valence-electron chi connectivity index (χ4n) is 3.66. The van der Waals surface area contributed by atoms with Gasteiger partial charge in [0, 0.05) is 31.7 Å². The van der Waals surface area contributed by atoms with Crippen LogP contribution in [0, 0.1) is 12.7 Å². The third-order valence-corrected chi connectivity index (χ3v) is 4.84. The Labute approximate surface area is 146 Å². The van der Waals surface area contributed by atoms with Gasteiger partial charge < -0.3 is 10.1 Å². The number of nitrogens with zero attached hydrogens (tertiary/aromatic N) is 1. The minimum atomic E-state index is -0.185. The molecule has 1 N–H and O–H groups in total. The van der Waals surface area contributed by atoms with Crippen molar-refractivity contribution < 1.29 is 13.9 Å². The molecule has 0 aliphatic carbocycles. The monoisotopic (exact) mass is 340 g/mol. The SMILES string of the molecule is Cc1cc(F)cc(CN2CCOC(c3ccc4c(c3)CNC4=O)C2)c1. The number of amides is 1. The maximum absolute atomic E-state index is 13.6. The average Bonchev–Trinajstić information content (AvgIpc) is 2.95.